The second kappa shape index (κ2) is 25.7. The first kappa shape index (κ1) is 37.8. The molecular formula is C30H59O6PS. The molecule has 0 rings (SSSR count). The molecule has 3 atom stereocenters. The Hall–Kier alpha value is -0.200. The number of hydrogen-bond acceptors (Lipinski definition) is 7. The third kappa shape index (κ3) is 19.0. The van der Waals surface area contributed by atoms with Crippen molar-refractivity contribution in [2.24, 2.45) is 0 Å². The molecule has 0 aliphatic rings. The first-order chi connectivity index (χ1) is 18.4. The van der Waals surface area contributed by atoms with Crippen LogP contribution in [0.2, 0.25) is 0 Å². The maximum Gasteiger partial charge on any atom is 0.382 e. The highest BCUT2D eigenvalue weighted by atomic mass is 32.2. The van der Waals surface area contributed by atoms with Gasteiger partial charge in [0.25, 0.3) is 0 Å². The van der Waals surface area contributed by atoms with Gasteiger partial charge >= 0.3 is 11.5 Å². The van der Waals surface area contributed by atoms with Crippen LogP contribution in [0.25, 0.3) is 0 Å². The van der Waals surface area contributed by atoms with Gasteiger partial charge in [0.2, 0.25) is 8.46 Å². The Labute approximate surface area is 240 Å². The fourth-order valence-corrected chi connectivity index (χ4v) is 5.82. The van der Waals surface area contributed by atoms with E-state index in [1.165, 1.54) is 89.9 Å². The Morgan fingerprint density at radius 1 is 0.763 bits per heavy atom. The van der Waals surface area contributed by atoms with E-state index in [0.29, 0.717) is 6.42 Å². The quantitative estimate of drug-likeness (QED) is 0.0228. The van der Waals surface area contributed by atoms with Gasteiger partial charge in [-0.15, -0.1) is 0 Å². The van der Waals surface area contributed by atoms with Gasteiger partial charge < -0.3 is 9.47 Å². The Balaban J connectivity index is 4.85. The molecule has 3 unspecified atom stereocenters. The number of esters is 1. The van der Waals surface area contributed by atoms with Crippen molar-refractivity contribution in [3.05, 3.63) is 0 Å². The number of carbonyl (C=O) groups excluding carboxylic acids is 1. The van der Waals surface area contributed by atoms with Gasteiger partial charge in [-0.3, -0.25) is 4.57 Å². The highest BCUT2D eigenvalue weighted by Crippen LogP contribution is 2.32. The Bertz CT molecular complexity index is 565. The molecule has 0 amide bonds. The summed E-state index contributed by atoms with van der Waals surface area (Å²) in [4.78, 5) is 24.0. The summed E-state index contributed by atoms with van der Waals surface area (Å²) in [5.41, 5.74) is -2.10. The molecule has 0 spiro atoms. The third-order valence-corrected chi connectivity index (χ3v) is 8.68. The maximum absolute atomic E-state index is 12.7. The lowest BCUT2D eigenvalue weighted by Crippen LogP contribution is -2.43. The summed E-state index contributed by atoms with van der Waals surface area (Å²) in [5.74, 6) is 0.246. The van der Waals surface area contributed by atoms with Crippen LogP contribution in [0.5, 0.6) is 0 Å². The van der Waals surface area contributed by atoms with E-state index < -0.39 is 20.0 Å². The predicted molar refractivity (Wildman–Crippen MR) is 161 cm³/mol. The monoisotopic (exact) mass is 578 g/mol. The van der Waals surface area contributed by atoms with Crippen LogP contribution in [0.1, 0.15) is 151 Å². The van der Waals surface area contributed by atoms with E-state index in [1.54, 1.807) is 13.8 Å². The zero-order valence-corrected chi connectivity index (χ0v) is 27.2. The number of ether oxygens (including phenoxy) is 2. The first-order valence-corrected chi connectivity index (χ1v) is 17.4. The summed E-state index contributed by atoms with van der Waals surface area (Å²) in [7, 11) is -0.637. The van der Waals surface area contributed by atoms with Crippen molar-refractivity contribution in [2.75, 3.05) is 12.4 Å². The topological polar surface area (TPSA) is 71.1 Å². The fraction of sp³-hybridized carbons (Fsp3) is 0.967. The van der Waals surface area contributed by atoms with Gasteiger partial charge in [-0.25, -0.2) is 9.68 Å². The van der Waals surface area contributed by atoms with E-state index in [0.717, 1.165) is 18.6 Å². The number of rotatable bonds is 28. The molecule has 0 aromatic heterocycles. The Kier molecular flexibility index (Phi) is 25.6. The number of unbranched alkanes of at least 4 members (excludes halogenated alkanes) is 13. The highest BCUT2D eigenvalue weighted by Gasteiger charge is 2.47. The number of carbonyl (C=O) groups is 1. The second-order valence-electron chi connectivity index (χ2n) is 10.7. The average molecular weight is 579 g/mol. The number of hydrogen-bond donors (Lipinski definition) is 0. The summed E-state index contributed by atoms with van der Waals surface area (Å²) >= 11 is 1.93. The zero-order valence-electron chi connectivity index (χ0n) is 25.5. The summed E-state index contributed by atoms with van der Waals surface area (Å²) in [6, 6.07) is 0. The molecule has 0 fully saturated rings. The Morgan fingerprint density at radius 2 is 1.29 bits per heavy atom. The van der Waals surface area contributed by atoms with E-state index in [2.05, 4.69) is 13.8 Å². The molecule has 0 aliphatic heterocycles. The largest absolute Gasteiger partial charge is 0.458 e. The minimum absolute atomic E-state index is 0.203. The van der Waals surface area contributed by atoms with Crippen molar-refractivity contribution in [1.82, 2.24) is 0 Å². The molecular weight excluding hydrogens is 519 g/mol. The Morgan fingerprint density at radius 3 is 1.79 bits per heavy atom. The number of thioether (sulfide) groups is 1. The predicted octanol–water partition coefficient (Wildman–Crippen LogP) is 10.0. The fourth-order valence-electron chi connectivity index (χ4n) is 4.15. The molecule has 0 saturated carbocycles. The van der Waals surface area contributed by atoms with Crippen molar-refractivity contribution in [3.8, 4) is 0 Å². The van der Waals surface area contributed by atoms with Crippen molar-refractivity contribution >= 4 is 26.2 Å². The van der Waals surface area contributed by atoms with E-state index in [1.807, 2.05) is 25.6 Å². The molecule has 0 heterocycles. The van der Waals surface area contributed by atoms with Crippen LogP contribution in [-0.4, -0.2) is 41.3 Å². The zero-order chi connectivity index (χ0) is 28.5. The van der Waals surface area contributed by atoms with Crippen molar-refractivity contribution in [1.29, 1.82) is 0 Å². The summed E-state index contributed by atoms with van der Waals surface area (Å²) in [6.07, 6.45) is 20.3. The lowest BCUT2D eigenvalue weighted by atomic mass is 10.1. The standard InChI is InChI=1S/C30H59O6PS/c1-7-10-12-14-16-17-18-20-22-25-38-28(23-21-19-15-13-11-8-2)27(6)35-36-30(37-32,33-24-9-3)29(31)34-26(4)5/h26-28H,7-25H2,1-6H3. The smallest absolute Gasteiger partial charge is 0.382 e. The highest BCUT2D eigenvalue weighted by molar-refractivity contribution is 7.99. The van der Waals surface area contributed by atoms with Crippen LogP contribution >= 0.6 is 20.2 Å². The molecule has 0 aliphatic carbocycles. The van der Waals surface area contributed by atoms with Gasteiger partial charge in [0, 0.05) is 5.25 Å². The average Bonchev–Trinajstić information content (AvgIpc) is 2.90. The SMILES string of the molecule is CCCCCCCCCCCSC(CCCCCCCC)C(C)OOC(OCCC)(P=O)C(=O)OC(C)C. The molecule has 0 saturated heterocycles. The molecule has 226 valence electrons. The van der Waals surface area contributed by atoms with Crippen LogP contribution in [0.3, 0.4) is 0 Å². The molecule has 38 heavy (non-hydrogen) atoms. The van der Waals surface area contributed by atoms with Crippen LogP contribution in [0.4, 0.5) is 0 Å². The van der Waals surface area contributed by atoms with Gasteiger partial charge in [-0.2, -0.15) is 16.6 Å². The lowest BCUT2D eigenvalue weighted by Gasteiger charge is -2.28. The summed E-state index contributed by atoms with van der Waals surface area (Å²) in [6.45, 7) is 12.0. The molecule has 0 N–H and O–H groups in total. The lowest BCUT2D eigenvalue weighted by molar-refractivity contribution is -0.403. The van der Waals surface area contributed by atoms with Gasteiger partial charge in [0.1, 0.15) is 6.10 Å². The van der Waals surface area contributed by atoms with Crippen LogP contribution < -0.4 is 0 Å². The first-order valence-electron chi connectivity index (χ1n) is 15.5. The van der Waals surface area contributed by atoms with Gasteiger partial charge in [-0.05, 0) is 45.8 Å². The van der Waals surface area contributed by atoms with E-state index in [9.17, 15) is 9.36 Å². The minimum atomic E-state index is -2.10. The molecule has 0 bridgehead atoms. The summed E-state index contributed by atoms with van der Waals surface area (Å²) in [5, 5.41) is 0.225. The van der Waals surface area contributed by atoms with E-state index in [4.69, 9.17) is 19.2 Å². The van der Waals surface area contributed by atoms with E-state index >= 15 is 0 Å². The third-order valence-electron chi connectivity index (χ3n) is 6.48. The van der Waals surface area contributed by atoms with Crippen LogP contribution in [0.15, 0.2) is 0 Å². The minimum Gasteiger partial charge on any atom is -0.458 e. The molecule has 6 nitrogen and oxygen atoms in total. The molecule has 0 radical (unpaired) electrons. The van der Waals surface area contributed by atoms with Crippen LogP contribution in [0, 0.1) is 0 Å². The maximum atomic E-state index is 12.7. The normalized spacial score (nSPS) is 15.0. The second-order valence-corrected chi connectivity index (χ2v) is 12.8. The van der Waals surface area contributed by atoms with Gasteiger partial charge in [0.15, 0.2) is 0 Å². The van der Waals surface area contributed by atoms with E-state index in [-0.39, 0.29) is 24.1 Å². The van der Waals surface area contributed by atoms with Crippen LogP contribution in [-0.2, 0) is 28.6 Å². The summed E-state index contributed by atoms with van der Waals surface area (Å²) < 4.78 is 22.9. The molecule has 0 aromatic rings. The van der Waals surface area contributed by atoms with Crippen molar-refractivity contribution in [2.45, 2.75) is 174 Å². The van der Waals surface area contributed by atoms with Gasteiger partial charge in [-0.1, -0.05) is 111 Å². The van der Waals surface area contributed by atoms with Gasteiger partial charge in [0.05, 0.1) is 12.7 Å². The van der Waals surface area contributed by atoms with Crippen molar-refractivity contribution < 1.29 is 28.6 Å². The van der Waals surface area contributed by atoms with Crippen molar-refractivity contribution in [3.63, 3.8) is 0 Å². The molecule has 8 heteroatoms. The molecule has 0 aromatic carbocycles.